The fraction of sp³-hybridized carbons (Fsp3) is 0.850. The number of hydrogen-bond acceptors (Lipinski definition) is 2. The highest BCUT2D eigenvalue weighted by molar-refractivity contribution is 4.99. The summed E-state index contributed by atoms with van der Waals surface area (Å²) in [5.74, 6) is 2.02. The largest absolute Gasteiger partial charge is 0.386 e. The summed E-state index contributed by atoms with van der Waals surface area (Å²) in [4.78, 5) is 0. The van der Waals surface area contributed by atoms with Crippen molar-refractivity contribution in [3.05, 3.63) is 12.3 Å². The predicted molar refractivity (Wildman–Crippen MR) is 95.3 cm³/mol. The molecule has 1 saturated carbocycles. The van der Waals surface area contributed by atoms with E-state index in [9.17, 15) is 0 Å². The van der Waals surface area contributed by atoms with Crippen molar-refractivity contribution in [2.45, 2.75) is 85.6 Å². The van der Waals surface area contributed by atoms with Crippen LogP contribution in [0.15, 0.2) is 12.3 Å². The van der Waals surface area contributed by atoms with Crippen molar-refractivity contribution >= 4 is 0 Å². The smallest absolute Gasteiger partial charge is 0.0624 e. The van der Waals surface area contributed by atoms with Gasteiger partial charge in [-0.3, -0.25) is 0 Å². The molecule has 3 unspecified atom stereocenters. The fourth-order valence-electron chi connectivity index (χ4n) is 4.08. The number of allylic oxidation sites excluding steroid dienone is 1. The molecule has 0 aromatic carbocycles. The molecule has 0 aromatic rings. The first kappa shape index (κ1) is 19.1. The molecule has 1 aliphatic carbocycles. The van der Waals surface area contributed by atoms with E-state index in [1.54, 1.807) is 0 Å². The Kier molecular flexibility index (Phi) is 7.46. The summed E-state index contributed by atoms with van der Waals surface area (Å²) in [6.07, 6.45) is 8.17. The summed E-state index contributed by atoms with van der Waals surface area (Å²) in [6, 6.07) is 2.91. The summed E-state index contributed by atoms with van der Waals surface area (Å²) >= 11 is 0. The van der Waals surface area contributed by atoms with E-state index >= 15 is 0 Å². The molecule has 126 valence electrons. The molecule has 22 heavy (non-hydrogen) atoms. The molecule has 0 radical (unpaired) electrons. The number of nitrogens with zero attached hydrogens (tertiary/aromatic N) is 1. The van der Waals surface area contributed by atoms with Gasteiger partial charge in [0.25, 0.3) is 0 Å². The lowest BCUT2D eigenvalue weighted by Gasteiger charge is -2.45. The summed E-state index contributed by atoms with van der Waals surface area (Å²) in [7, 11) is 0. The second kappa shape index (κ2) is 8.61. The Balaban J connectivity index is 2.75. The first-order valence-corrected chi connectivity index (χ1v) is 9.05. The number of rotatable bonds is 8. The van der Waals surface area contributed by atoms with E-state index in [1.807, 2.05) is 0 Å². The molecule has 0 aliphatic heterocycles. The Morgan fingerprint density at radius 3 is 2.59 bits per heavy atom. The average Bonchev–Trinajstić information content (AvgIpc) is 2.39. The summed E-state index contributed by atoms with van der Waals surface area (Å²) in [5, 5.41) is 12.7. The minimum absolute atomic E-state index is 0.329. The molecule has 1 aliphatic rings. The van der Waals surface area contributed by atoms with E-state index in [4.69, 9.17) is 5.26 Å². The van der Waals surface area contributed by atoms with Crippen molar-refractivity contribution in [3.8, 4) is 6.07 Å². The van der Waals surface area contributed by atoms with Crippen LogP contribution in [0.25, 0.3) is 0 Å². The van der Waals surface area contributed by atoms with Gasteiger partial charge in [-0.05, 0) is 55.8 Å². The van der Waals surface area contributed by atoms with Gasteiger partial charge in [-0.15, -0.1) is 0 Å². The summed E-state index contributed by atoms with van der Waals surface area (Å²) < 4.78 is 0. The minimum Gasteiger partial charge on any atom is -0.386 e. The van der Waals surface area contributed by atoms with Gasteiger partial charge < -0.3 is 5.32 Å². The van der Waals surface area contributed by atoms with Crippen LogP contribution in [0.1, 0.15) is 79.6 Å². The third kappa shape index (κ3) is 6.03. The minimum atomic E-state index is 0.329. The van der Waals surface area contributed by atoms with Gasteiger partial charge in [0.1, 0.15) is 0 Å². The van der Waals surface area contributed by atoms with Crippen LogP contribution in [0, 0.1) is 34.5 Å². The van der Waals surface area contributed by atoms with Crippen molar-refractivity contribution < 1.29 is 0 Å². The quantitative estimate of drug-likeness (QED) is 0.628. The van der Waals surface area contributed by atoms with Gasteiger partial charge >= 0.3 is 0 Å². The van der Waals surface area contributed by atoms with Crippen LogP contribution in [0.3, 0.4) is 0 Å². The predicted octanol–water partition coefficient (Wildman–Crippen LogP) is 5.66. The highest BCUT2D eigenvalue weighted by Crippen LogP contribution is 2.44. The van der Waals surface area contributed by atoms with Crippen LogP contribution in [-0.2, 0) is 0 Å². The first-order valence-electron chi connectivity index (χ1n) is 9.05. The molecular weight excluding hydrogens is 268 g/mol. The van der Waals surface area contributed by atoms with Crippen molar-refractivity contribution in [1.29, 1.82) is 5.26 Å². The van der Waals surface area contributed by atoms with Gasteiger partial charge in [-0.2, -0.15) is 5.26 Å². The third-order valence-electron chi connectivity index (χ3n) is 5.38. The standard InChI is InChI=1S/C20H36N2/c1-15(2)8-7-12-20(5,6)18-14-17(11-13-21)9-10-19(18)22-16(3)4/h15,17-19,22H,3,7-12,14H2,1-2,4-6H3. The van der Waals surface area contributed by atoms with Crippen molar-refractivity contribution in [1.82, 2.24) is 5.32 Å². The van der Waals surface area contributed by atoms with E-state index in [0.717, 1.165) is 18.0 Å². The molecule has 0 aromatic heterocycles. The zero-order chi connectivity index (χ0) is 16.8. The topological polar surface area (TPSA) is 35.8 Å². The Morgan fingerprint density at radius 2 is 2.05 bits per heavy atom. The molecule has 2 nitrogen and oxygen atoms in total. The zero-order valence-corrected chi connectivity index (χ0v) is 15.4. The SMILES string of the molecule is C=C(C)NC1CCC(CC#N)CC1C(C)(C)CCCC(C)C. The first-order chi connectivity index (χ1) is 10.3. The van der Waals surface area contributed by atoms with Gasteiger partial charge in [0.15, 0.2) is 0 Å². The highest BCUT2D eigenvalue weighted by Gasteiger charge is 2.39. The molecule has 0 bridgehead atoms. The maximum atomic E-state index is 9.04. The lowest BCUT2D eigenvalue weighted by molar-refractivity contribution is 0.0803. The number of hydrogen-bond donors (Lipinski definition) is 1. The summed E-state index contributed by atoms with van der Waals surface area (Å²) in [5.41, 5.74) is 1.41. The van der Waals surface area contributed by atoms with E-state index in [-0.39, 0.29) is 0 Å². The molecule has 1 fully saturated rings. The molecular formula is C20H36N2. The van der Waals surface area contributed by atoms with Crippen molar-refractivity contribution in [2.24, 2.45) is 23.2 Å². The van der Waals surface area contributed by atoms with Gasteiger partial charge in [-0.25, -0.2) is 0 Å². The van der Waals surface area contributed by atoms with Crippen LogP contribution >= 0.6 is 0 Å². The van der Waals surface area contributed by atoms with E-state index in [0.29, 0.717) is 23.3 Å². The van der Waals surface area contributed by atoms with Gasteiger partial charge in [0.05, 0.1) is 6.07 Å². The fourth-order valence-corrected chi connectivity index (χ4v) is 4.08. The molecule has 3 atom stereocenters. The van der Waals surface area contributed by atoms with E-state index in [2.05, 4.69) is 52.6 Å². The Labute approximate surface area is 138 Å². The molecule has 0 saturated heterocycles. The summed E-state index contributed by atoms with van der Waals surface area (Å²) in [6.45, 7) is 15.6. The second-order valence-corrected chi connectivity index (χ2v) is 8.45. The Hall–Kier alpha value is -0.970. The zero-order valence-electron chi connectivity index (χ0n) is 15.4. The van der Waals surface area contributed by atoms with Crippen molar-refractivity contribution in [3.63, 3.8) is 0 Å². The molecule has 0 amide bonds. The molecule has 1 N–H and O–H groups in total. The number of nitrogens with one attached hydrogen (secondary N) is 1. The molecule has 2 heteroatoms. The van der Waals surface area contributed by atoms with Gasteiger partial charge in [0.2, 0.25) is 0 Å². The third-order valence-corrected chi connectivity index (χ3v) is 5.38. The van der Waals surface area contributed by atoms with Gasteiger partial charge in [0, 0.05) is 18.2 Å². The van der Waals surface area contributed by atoms with Crippen molar-refractivity contribution in [2.75, 3.05) is 0 Å². The maximum absolute atomic E-state index is 9.04. The average molecular weight is 305 g/mol. The Bertz CT molecular complexity index is 389. The van der Waals surface area contributed by atoms with Crippen LogP contribution in [0.5, 0.6) is 0 Å². The van der Waals surface area contributed by atoms with E-state index in [1.165, 1.54) is 38.5 Å². The lowest BCUT2D eigenvalue weighted by atomic mass is 9.63. The number of nitriles is 1. The molecule has 0 spiro atoms. The van der Waals surface area contributed by atoms with Crippen LogP contribution in [0.4, 0.5) is 0 Å². The highest BCUT2D eigenvalue weighted by atomic mass is 14.9. The maximum Gasteiger partial charge on any atom is 0.0624 e. The molecule has 0 heterocycles. The Morgan fingerprint density at radius 1 is 1.36 bits per heavy atom. The normalized spacial score (nSPS) is 25.8. The lowest BCUT2D eigenvalue weighted by Crippen LogP contribution is -2.46. The van der Waals surface area contributed by atoms with Crippen LogP contribution in [-0.4, -0.2) is 6.04 Å². The van der Waals surface area contributed by atoms with Gasteiger partial charge in [-0.1, -0.05) is 47.1 Å². The van der Waals surface area contributed by atoms with Crippen LogP contribution < -0.4 is 5.32 Å². The van der Waals surface area contributed by atoms with Crippen LogP contribution in [0.2, 0.25) is 0 Å². The monoisotopic (exact) mass is 304 g/mol. The van der Waals surface area contributed by atoms with E-state index < -0.39 is 0 Å². The molecule has 1 rings (SSSR count). The second-order valence-electron chi connectivity index (χ2n) is 8.45.